The van der Waals surface area contributed by atoms with Gasteiger partial charge in [-0.3, -0.25) is 14.8 Å². The summed E-state index contributed by atoms with van der Waals surface area (Å²) in [7, 11) is 1.89. The van der Waals surface area contributed by atoms with Crippen molar-refractivity contribution in [3.63, 3.8) is 0 Å². The number of guanidine groups is 1. The van der Waals surface area contributed by atoms with Gasteiger partial charge < -0.3 is 15.5 Å². The Hall–Kier alpha value is -1.93. The molecular formula is C24H42N8. The second kappa shape index (κ2) is 11.8. The summed E-state index contributed by atoms with van der Waals surface area (Å²) < 4.78 is 0. The summed E-state index contributed by atoms with van der Waals surface area (Å²) in [5.41, 5.74) is 0.326. The van der Waals surface area contributed by atoms with Crippen LogP contribution in [-0.2, 0) is 0 Å². The fraction of sp³-hybridized carbons (Fsp3) is 0.792. The van der Waals surface area contributed by atoms with Gasteiger partial charge in [0.1, 0.15) is 0 Å². The molecule has 1 saturated carbocycles. The lowest BCUT2D eigenvalue weighted by molar-refractivity contribution is 0.0368. The molecule has 8 heteroatoms. The van der Waals surface area contributed by atoms with Crippen LogP contribution < -0.4 is 15.5 Å². The number of hydrogen-bond acceptors (Lipinski definition) is 6. The van der Waals surface area contributed by atoms with Crippen molar-refractivity contribution >= 4 is 11.9 Å². The van der Waals surface area contributed by atoms with Crippen LogP contribution in [0.2, 0.25) is 0 Å². The van der Waals surface area contributed by atoms with Crippen LogP contribution in [0.5, 0.6) is 0 Å². The Labute approximate surface area is 193 Å². The summed E-state index contributed by atoms with van der Waals surface area (Å²) in [6, 6.07) is 1.87. The summed E-state index contributed by atoms with van der Waals surface area (Å²) in [5, 5.41) is 7.26. The van der Waals surface area contributed by atoms with Crippen LogP contribution in [0.15, 0.2) is 23.5 Å². The first-order valence-corrected chi connectivity index (χ1v) is 12.7. The van der Waals surface area contributed by atoms with Crippen molar-refractivity contribution in [2.45, 2.75) is 56.9 Å². The number of rotatable bonds is 7. The van der Waals surface area contributed by atoms with E-state index in [4.69, 9.17) is 0 Å². The highest BCUT2D eigenvalue weighted by atomic mass is 15.3. The maximum Gasteiger partial charge on any atom is 0.225 e. The van der Waals surface area contributed by atoms with E-state index in [0.717, 1.165) is 57.7 Å². The second-order valence-corrected chi connectivity index (χ2v) is 9.56. The third kappa shape index (κ3) is 6.10. The number of nitrogens with zero attached hydrogens (tertiary/aromatic N) is 6. The van der Waals surface area contributed by atoms with E-state index in [1.165, 1.54) is 64.5 Å². The highest BCUT2D eigenvalue weighted by Crippen LogP contribution is 2.35. The van der Waals surface area contributed by atoms with E-state index in [0.29, 0.717) is 5.54 Å². The number of piperazine rings is 1. The van der Waals surface area contributed by atoms with E-state index in [1.54, 1.807) is 0 Å². The average Bonchev–Trinajstić information content (AvgIpc) is 2.88. The van der Waals surface area contributed by atoms with Crippen LogP contribution in [-0.4, -0.2) is 97.2 Å². The first-order chi connectivity index (χ1) is 15.8. The van der Waals surface area contributed by atoms with Crippen molar-refractivity contribution in [3.8, 4) is 0 Å². The molecule has 3 fully saturated rings. The summed E-state index contributed by atoms with van der Waals surface area (Å²) >= 11 is 0. The standard InChI is InChI=1S/C24H42N8/c1-25-22(29-21-24(9-4-2-5-10-24)32-14-6-3-7-15-32)26-13-16-30-17-19-31(20-18-30)23-27-11-8-12-28-23/h8,11-12H,2-7,9-10,13-21H2,1H3,(H2,25,26,29). The smallest absolute Gasteiger partial charge is 0.225 e. The summed E-state index contributed by atoms with van der Waals surface area (Å²) in [4.78, 5) is 20.9. The molecule has 0 bridgehead atoms. The first-order valence-electron chi connectivity index (χ1n) is 12.7. The molecule has 0 aromatic carbocycles. The minimum Gasteiger partial charge on any atom is -0.355 e. The number of piperidine rings is 1. The Morgan fingerprint density at radius 3 is 2.28 bits per heavy atom. The highest BCUT2D eigenvalue weighted by molar-refractivity contribution is 5.79. The van der Waals surface area contributed by atoms with Crippen molar-refractivity contribution in [1.29, 1.82) is 0 Å². The zero-order valence-corrected chi connectivity index (χ0v) is 19.9. The number of likely N-dealkylation sites (tertiary alicyclic amines) is 1. The molecule has 1 aliphatic carbocycles. The van der Waals surface area contributed by atoms with Gasteiger partial charge >= 0.3 is 0 Å². The molecular weight excluding hydrogens is 400 g/mol. The molecule has 2 saturated heterocycles. The van der Waals surface area contributed by atoms with Gasteiger partial charge in [-0.15, -0.1) is 0 Å². The van der Waals surface area contributed by atoms with Crippen LogP contribution in [0.25, 0.3) is 0 Å². The lowest BCUT2D eigenvalue weighted by Crippen LogP contribution is -2.59. The molecule has 2 N–H and O–H groups in total. The SMILES string of the molecule is CN=C(NCCN1CCN(c2ncccn2)CC1)NCC1(N2CCCCC2)CCCCC1. The van der Waals surface area contributed by atoms with Crippen LogP contribution in [0.4, 0.5) is 5.95 Å². The van der Waals surface area contributed by atoms with Crippen molar-refractivity contribution < 1.29 is 0 Å². The number of aromatic nitrogens is 2. The van der Waals surface area contributed by atoms with E-state index in [-0.39, 0.29) is 0 Å². The molecule has 2 aliphatic heterocycles. The predicted molar refractivity (Wildman–Crippen MR) is 131 cm³/mol. The Morgan fingerprint density at radius 2 is 1.59 bits per heavy atom. The average molecular weight is 443 g/mol. The lowest BCUT2D eigenvalue weighted by atomic mass is 9.79. The maximum atomic E-state index is 4.52. The van der Waals surface area contributed by atoms with Gasteiger partial charge in [0.15, 0.2) is 5.96 Å². The normalized spacial score (nSPS) is 23.2. The fourth-order valence-corrected chi connectivity index (χ4v) is 5.61. The van der Waals surface area contributed by atoms with Gasteiger partial charge in [-0.25, -0.2) is 9.97 Å². The molecule has 3 heterocycles. The van der Waals surface area contributed by atoms with Gasteiger partial charge in [0.2, 0.25) is 5.95 Å². The van der Waals surface area contributed by atoms with Crippen molar-refractivity contribution in [1.82, 2.24) is 30.4 Å². The van der Waals surface area contributed by atoms with Gasteiger partial charge in [0.25, 0.3) is 0 Å². The molecule has 1 aromatic heterocycles. The molecule has 0 spiro atoms. The Morgan fingerprint density at radius 1 is 0.906 bits per heavy atom. The zero-order chi connectivity index (χ0) is 22.1. The minimum atomic E-state index is 0.326. The van der Waals surface area contributed by atoms with Gasteiger partial charge in [0.05, 0.1) is 0 Å². The van der Waals surface area contributed by atoms with Crippen molar-refractivity contribution in [3.05, 3.63) is 18.5 Å². The third-order valence-corrected chi connectivity index (χ3v) is 7.55. The van der Waals surface area contributed by atoms with Crippen LogP contribution in [0, 0.1) is 0 Å². The van der Waals surface area contributed by atoms with E-state index < -0.39 is 0 Å². The van der Waals surface area contributed by atoms with E-state index in [1.807, 2.05) is 25.5 Å². The second-order valence-electron chi connectivity index (χ2n) is 9.56. The van der Waals surface area contributed by atoms with Gasteiger partial charge in [0, 0.05) is 70.8 Å². The molecule has 8 nitrogen and oxygen atoms in total. The van der Waals surface area contributed by atoms with Gasteiger partial charge in [-0.2, -0.15) is 0 Å². The van der Waals surface area contributed by atoms with Crippen LogP contribution >= 0.6 is 0 Å². The number of hydrogen-bond donors (Lipinski definition) is 2. The molecule has 178 valence electrons. The topological polar surface area (TPSA) is 71.9 Å². The van der Waals surface area contributed by atoms with Gasteiger partial charge in [-0.1, -0.05) is 25.7 Å². The number of aliphatic imine (C=N–C) groups is 1. The summed E-state index contributed by atoms with van der Waals surface area (Å²) in [6.07, 6.45) is 14.5. The monoisotopic (exact) mass is 442 g/mol. The fourth-order valence-electron chi connectivity index (χ4n) is 5.61. The zero-order valence-electron chi connectivity index (χ0n) is 19.9. The Bertz CT molecular complexity index is 689. The van der Waals surface area contributed by atoms with Crippen LogP contribution in [0.1, 0.15) is 51.4 Å². The molecule has 4 rings (SSSR count). The van der Waals surface area contributed by atoms with Crippen molar-refractivity contribution in [2.75, 3.05) is 70.9 Å². The van der Waals surface area contributed by atoms with Crippen molar-refractivity contribution in [2.24, 2.45) is 4.99 Å². The number of nitrogens with one attached hydrogen (secondary N) is 2. The summed E-state index contributed by atoms with van der Waals surface area (Å²) in [6.45, 7) is 9.56. The lowest BCUT2D eigenvalue weighted by Gasteiger charge is -2.48. The molecule has 3 aliphatic rings. The molecule has 0 unspecified atom stereocenters. The molecule has 0 amide bonds. The molecule has 1 aromatic rings. The van der Waals surface area contributed by atoms with E-state index in [2.05, 4.69) is 40.3 Å². The van der Waals surface area contributed by atoms with E-state index >= 15 is 0 Å². The number of anilines is 1. The molecule has 0 radical (unpaired) electrons. The maximum absolute atomic E-state index is 4.52. The quantitative estimate of drug-likeness (QED) is 0.494. The molecule has 32 heavy (non-hydrogen) atoms. The molecule has 0 atom stereocenters. The predicted octanol–water partition coefficient (Wildman–Crippen LogP) is 1.95. The van der Waals surface area contributed by atoms with Gasteiger partial charge in [-0.05, 0) is 44.8 Å². The van der Waals surface area contributed by atoms with Crippen LogP contribution in [0.3, 0.4) is 0 Å². The first kappa shape index (κ1) is 23.2. The Kier molecular flexibility index (Phi) is 8.56. The highest BCUT2D eigenvalue weighted by Gasteiger charge is 2.38. The minimum absolute atomic E-state index is 0.326. The Balaban J connectivity index is 1.19. The van der Waals surface area contributed by atoms with E-state index in [9.17, 15) is 0 Å². The summed E-state index contributed by atoms with van der Waals surface area (Å²) in [5.74, 6) is 1.79. The largest absolute Gasteiger partial charge is 0.355 e. The third-order valence-electron chi connectivity index (χ3n) is 7.55.